The van der Waals surface area contributed by atoms with Gasteiger partial charge in [-0.05, 0) is 26.7 Å². The van der Waals surface area contributed by atoms with Gasteiger partial charge in [0, 0.05) is 14.2 Å². The number of hydrogen-bond donors (Lipinski definition) is 0. The summed E-state index contributed by atoms with van der Waals surface area (Å²) in [6.07, 6.45) is -1.41. The minimum absolute atomic E-state index is 0.247. The molecule has 118 valence electrons. The van der Waals surface area contributed by atoms with E-state index in [1.807, 2.05) is 13.8 Å². The molecule has 0 bridgehead atoms. The molecule has 0 rings (SSSR count). The van der Waals surface area contributed by atoms with Gasteiger partial charge in [0.25, 0.3) is 0 Å². The fraction of sp³-hybridized carbons (Fsp3) is 0.857. The second-order valence-corrected chi connectivity index (χ2v) is 4.62. The molecule has 0 saturated heterocycles. The van der Waals surface area contributed by atoms with Crippen molar-refractivity contribution >= 4 is 11.9 Å². The smallest absolute Gasteiger partial charge is 0.338 e. The van der Waals surface area contributed by atoms with E-state index in [4.69, 9.17) is 18.9 Å². The average molecular weight is 290 g/mol. The Balaban J connectivity index is 4.79. The lowest BCUT2D eigenvalue weighted by molar-refractivity contribution is -0.183. The van der Waals surface area contributed by atoms with Crippen molar-refractivity contribution in [2.24, 2.45) is 0 Å². The molecule has 0 aliphatic rings. The molecule has 4 unspecified atom stereocenters. The summed E-state index contributed by atoms with van der Waals surface area (Å²) in [6.45, 7) is 7.32. The van der Waals surface area contributed by atoms with Crippen LogP contribution in [0.25, 0.3) is 0 Å². The molecule has 0 aliphatic carbocycles. The van der Waals surface area contributed by atoms with Crippen LogP contribution < -0.4 is 0 Å². The van der Waals surface area contributed by atoms with Gasteiger partial charge in [-0.3, -0.25) is 0 Å². The van der Waals surface area contributed by atoms with Crippen LogP contribution in [0.3, 0.4) is 0 Å². The third-order valence-electron chi connectivity index (χ3n) is 3.03. The Bertz CT molecular complexity index is 274. The maximum absolute atomic E-state index is 12.0. The van der Waals surface area contributed by atoms with Gasteiger partial charge in [-0.1, -0.05) is 13.8 Å². The second-order valence-electron chi connectivity index (χ2n) is 4.62. The lowest BCUT2D eigenvalue weighted by Crippen LogP contribution is -2.45. The van der Waals surface area contributed by atoms with Crippen LogP contribution >= 0.6 is 0 Å². The minimum Gasteiger partial charge on any atom is -0.461 e. The number of esters is 2. The van der Waals surface area contributed by atoms with E-state index in [0.717, 1.165) is 0 Å². The highest BCUT2D eigenvalue weighted by molar-refractivity contribution is 5.85. The van der Waals surface area contributed by atoms with Crippen molar-refractivity contribution in [3.63, 3.8) is 0 Å². The predicted molar refractivity (Wildman–Crippen MR) is 73.3 cm³/mol. The van der Waals surface area contributed by atoms with Crippen LogP contribution in [0.5, 0.6) is 0 Å². The molecule has 6 nitrogen and oxygen atoms in total. The number of methoxy groups -OCH3 is 2. The molecule has 6 heteroatoms. The highest BCUT2D eigenvalue weighted by Crippen LogP contribution is 2.11. The van der Waals surface area contributed by atoms with Gasteiger partial charge in [-0.15, -0.1) is 0 Å². The molecule has 0 heterocycles. The van der Waals surface area contributed by atoms with Gasteiger partial charge < -0.3 is 18.9 Å². The molecule has 0 aromatic carbocycles. The summed E-state index contributed by atoms with van der Waals surface area (Å²) in [5.41, 5.74) is 0. The number of carbonyl (C=O) groups excluding carboxylic acids is 2. The zero-order valence-electron chi connectivity index (χ0n) is 13.2. The lowest BCUT2D eigenvalue weighted by Gasteiger charge is -2.24. The van der Waals surface area contributed by atoms with E-state index in [2.05, 4.69) is 0 Å². The summed E-state index contributed by atoms with van der Waals surface area (Å²) >= 11 is 0. The summed E-state index contributed by atoms with van der Waals surface area (Å²) in [5.74, 6) is -1.26. The molecular weight excluding hydrogens is 264 g/mol. The van der Waals surface area contributed by atoms with Crippen molar-refractivity contribution in [1.29, 1.82) is 0 Å². The third kappa shape index (κ3) is 5.88. The SMILES string of the molecule is CCC(C)OC(=O)C(OC)C(OC)C(=O)OC(C)CC. The zero-order valence-corrected chi connectivity index (χ0v) is 13.2. The third-order valence-corrected chi connectivity index (χ3v) is 3.03. The highest BCUT2D eigenvalue weighted by atomic mass is 16.6. The minimum atomic E-state index is -1.13. The average Bonchev–Trinajstić information content (AvgIpc) is 2.43. The van der Waals surface area contributed by atoms with E-state index >= 15 is 0 Å². The van der Waals surface area contributed by atoms with Gasteiger partial charge in [-0.2, -0.15) is 0 Å². The van der Waals surface area contributed by atoms with Crippen LogP contribution in [0, 0.1) is 0 Å². The van der Waals surface area contributed by atoms with Crippen molar-refractivity contribution in [2.75, 3.05) is 14.2 Å². The van der Waals surface area contributed by atoms with Crippen LogP contribution in [0.4, 0.5) is 0 Å². The van der Waals surface area contributed by atoms with Crippen molar-refractivity contribution in [2.45, 2.75) is 65.0 Å². The van der Waals surface area contributed by atoms with E-state index < -0.39 is 24.1 Å². The largest absolute Gasteiger partial charge is 0.461 e. The quantitative estimate of drug-likeness (QED) is 0.602. The van der Waals surface area contributed by atoms with Gasteiger partial charge >= 0.3 is 11.9 Å². The standard InChI is InChI=1S/C14H26O6/c1-7-9(3)19-13(15)11(17-5)12(18-6)14(16)20-10(4)8-2/h9-12H,7-8H2,1-6H3. The van der Waals surface area contributed by atoms with Crippen molar-refractivity contribution in [1.82, 2.24) is 0 Å². The fourth-order valence-electron chi connectivity index (χ4n) is 1.38. The Hall–Kier alpha value is -1.14. The Morgan fingerprint density at radius 1 is 0.800 bits per heavy atom. The molecular formula is C14H26O6. The first-order valence-electron chi connectivity index (χ1n) is 6.87. The summed E-state index contributed by atoms with van der Waals surface area (Å²) in [7, 11) is 2.65. The zero-order chi connectivity index (χ0) is 15.7. The van der Waals surface area contributed by atoms with E-state index in [0.29, 0.717) is 12.8 Å². The Morgan fingerprint density at radius 2 is 1.10 bits per heavy atom. The van der Waals surface area contributed by atoms with Gasteiger partial charge in [0.05, 0.1) is 12.2 Å². The number of carbonyl (C=O) groups is 2. The summed E-state index contributed by atoms with van der Waals surface area (Å²) in [6, 6.07) is 0. The molecule has 4 atom stereocenters. The summed E-state index contributed by atoms with van der Waals surface area (Å²) < 4.78 is 20.4. The van der Waals surface area contributed by atoms with Crippen LogP contribution in [0.1, 0.15) is 40.5 Å². The maximum atomic E-state index is 12.0. The molecule has 0 spiro atoms. The molecule has 0 aromatic heterocycles. The summed E-state index contributed by atoms with van der Waals surface area (Å²) in [4.78, 5) is 23.9. The van der Waals surface area contributed by atoms with Gasteiger partial charge in [0.2, 0.25) is 0 Å². The molecule has 0 amide bonds. The molecule has 20 heavy (non-hydrogen) atoms. The normalized spacial score (nSPS) is 16.9. The van der Waals surface area contributed by atoms with E-state index in [1.54, 1.807) is 13.8 Å². The van der Waals surface area contributed by atoms with E-state index in [-0.39, 0.29) is 12.2 Å². The van der Waals surface area contributed by atoms with E-state index in [1.165, 1.54) is 14.2 Å². The van der Waals surface area contributed by atoms with Gasteiger partial charge in [0.1, 0.15) is 0 Å². The van der Waals surface area contributed by atoms with Gasteiger partial charge in [-0.25, -0.2) is 9.59 Å². The lowest BCUT2D eigenvalue weighted by atomic mass is 10.2. The first-order valence-corrected chi connectivity index (χ1v) is 6.87. The molecule has 0 fully saturated rings. The first-order chi connectivity index (χ1) is 9.40. The van der Waals surface area contributed by atoms with Crippen LogP contribution in [0.15, 0.2) is 0 Å². The van der Waals surface area contributed by atoms with Gasteiger partial charge in [0.15, 0.2) is 12.2 Å². The Labute approximate surface area is 120 Å². The van der Waals surface area contributed by atoms with Crippen LogP contribution in [-0.2, 0) is 28.5 Å². The topological polar surface area (TPSA) is 71.1 Å². The number of hydrogen-bond acceptors (Lipinski definition) is 6. The second kappa shape index (κ2) is 9.72. The molecule has 0 saturated carbocycles. The fourth-order valence-corrected chi connectivity index (χ4v) is 1.38. The molecule has 0 aromatic rings. The number of rotatable bonds is 9. The molecule has 0 N–H and O–H groups in total. The molecule has 0 aliphatic heterocycles. The summed E-state index contributed by atoms with van der Waals surface area (Å²) in [5, 5.41) is 0. The van der Waals surface area contributed by atoms with Crippen molar-refractivity contribution in [3.8, 4) is 0 Å². The first kappa shape index (κ1) is 18.9. The van der Waals surface area contributed by atoms with Crippen molar-refractivity contribution in [3.05, 3.63) is 0 Å². The molecule has 0 radical (unpaired) electrons. The Kier molecular flexibility index (Phi) is 9.16. The highest BCUT2D eigenvalue weighted by Gasteiger charge is 2.37. The maximum Gasteiger partial charge on any atom is 0.338 e. The van der Waals surface area contributed by atoms with Crippen LogP contribution in [0.2, 0.25) is 0 Å². The van der Waals surface area contributed by atoms with E-state index in [9.17, 15) is 9.59 Å². The Morgan fingerprint density at radius 3 is 1.30 bits per heavy atom. The predicted octanol–water partition coefficient (Wildman–Crippen LogP) is 1.70. The monoisotopic (exact) mass is 290 g/mol. The number of ether oxygens (including phenoxy) is 4. The van der Waals surface area contributed by atoms with Crippen LogP contribution in [-0.4, -0.2) is 50.6 Å². The van der Waals surface area contributed by atoms with Crippen molar-refractivity contribution < 1.29 is 28.5 Å².